The second-order valence-electron chi connectivity index (χ2n) is 6.83. The first kappa shape index (κ1) is 20.7. The molecule has 1 heterocycles. The zero-order valence-corrected chi connectivity index (χ0v) is 15.7. The standard InChI is InChI=1S/C21H21F3N2O3/c22-21(23,24)17-6-8-18(9-7-17)29-14-19(27)25-12-15-3-1-4-16(11-15)13-26-10-2-5-20(26)28/h1,3-4,6-9,11H,2,5,10,12-14H2,(H,25,27). The van der Waals surface area contributed by atoms with Crippen LogP contribution in [-0.2, 0) is 28.9 Å². The lowest BCUT2D eigenvalue weighted by Gasteiger charge is -2.16. The SMILES string of the molecule is O=C(COc1ccc(C(F)(F)F)cc1)NCc1cccc(CN2CCCC2=O)c1. The van der Waals surface area contributed by atoms with Crippen LogP contribution >= 0.6 is 0 Å². The van der Waals surface area contributed by atoms with Crippen molar-refractivity contribution in [1.29, 1.82) is 0 Å². The topological polar surface area (TPSA) is 58.6 Å². The molecule has 0 spiro atoms. The normalized spacial score (nSPS) is 14.2. The van der Waals surface area contributed by atoms with Crippen LogP contribution in [0.25, 0.3) is 0 Å². The average Bonchev–Trinajstić information content (AvgIpc) is 3.09. The molecule has 5 nitrogen and oxygen atoms in total. The average molecular weight is 406 g/mol. The second-order valence-corrected chi connectivity index (χ2v) is 6.83. The molecule has 2 aromatic rings. The second kappa shape index (κ2) is 8.98. The number of amides is 2. The van der Waals surface area contributed by atoms with E-state index in [0.717, 1.165) is 36.2 Å². The Bertz CT molecular complexity index is 866. The van der Waals surface area contributed by atoms with Gasteiger partial charge >= 0.3 is 6.18 Å². The number of nitrogens with zero attached hydrogens (tertiary/aromatic N) is 1. The fourth-order valence-electron chi connectivity index (χ4n) is 3.07. The predicted octanol–water partition coefficient (Wildman–Crippen LogP) is 3.52. The molecule has 3 rings (SSSR count). The van der Waals surface area contributed by atoms with Crippen molar-refractivity contribution in [2.75, 3.05) is 13.2 Å². The lowest BCUT2D eigenvalue weighted by atomic mass is 10.1. The molecule has 0 radical (unpaired) electrons. The van der Waals surface area contributed by atoms with Crippen LogP contribution in [-0.4, -0.2) is 29.9 Å². The Morgan fingerprint density at radius 3 is 2.48 bits per heavy atom. The number of likely N-dealkylation sites (tertiary alicyclic amines) is 1. The van der Waals surface area contributed by atoms with Crippen LogP contribution in [0.5, 0.6) is 5.75 Å². The summed E-state index contributed by atoms with van der Waals surface area (Å²) in [7, 11) is 0. The van der Waals surface area contributed by atoms with Gasteiger partial charge in [0, 0.05) is 26.1 Å². The summed E-state index contributed by atoms with van der Waals surface area (Å²) in [6.07, 6.45) is -2.94. The molecule has 0 atom stereocenters. The Labute approximate surface area is 166 Å². The van der Waals surface area contributed by atoms with E-state index in [4.69, 9.17) is 4.74 Å². The van der Waals surface area contributed by atoms with Gasteiger partial charge < -0.3 is 15.0 Å². The third kappa shape index (κ3) is 5.97. The van der Waals surface area contributed by atoms with E-state index in [1.54, 1.807) is 0 Å². The maximum atomic E-state index is 12.5. The van der Waals surface area contributed by atoms with Crippen LogP contribution in [0.2, 0.25) is 0 Å². The number of ether oxygens (including phenoxy) is 1. The van der Waals surface area contributed by atoms with E-state index in [0.29, 0.717) is 13.0 Å². The van der Waals surface area contributed by atoms with E-state index < -0.39 is 11.7 Å². The highest BCUT2D eigenvalue weighted by atomic mass is 19.4. The fraction of sp³-hybridized carbons (Fsp3) is 0.333. The largest absolute Gasteiger partial charge is 0.484 e. The summed E-state index contributed by atoms with van der Waals surface area (Å²) in [5.74, 6) is -0.0421. The van der Waals surface area contributed by atoms with Crippen molar-refractivity contribution in [2.45, 2.75) is 32.1 Å². The van der Waals surface area contributed by atoms with Crippen LogP contribution < -0.4 is 10.1 Å². The van der Waals surface area contributed by atoms with Gasteiger partial charge in [0.25, 0.3) is 5.91 Å². The van der Waals surface area contributed by atoms with Gasteiger partial charge in [-0.15, -0.1) is 0 Å². The smallest absolute Gasteiger partial charge is 0.416 e. The molecule has 0 saturated carbocycles. The number of carbonyl (C=O) groups is 2. The Balaban J connectivity index is 1.45. The van der Waals surface area contributed by atoms with E-state index in [2.05, 4.69) is 5.32 Å². The molecule has 1 fully saturated rings. The molecule has 2 amide bonds. The van der Waals surface area contributed by atoms with E-state index in [1.165, 1.54) is 12.1 Å². The number of nitrogens with one attached hydrogen (secondary N) is 1. The van der Waals surface area contributed by atoms with Gasteiger partial charge in [0.1, 0.15) is 5.75 Å². The van der Waals surface area contributed by atoms with Gasteiger partial charge in [0.05, 0.1) is 5.56 Å². The van der Waals surface area contributed by atoms with Crippen molar-refractivity contribution in [2.24, 2.45) is 0 Å². The van der Waals surface area contributed by atoms with E-state index in [9.17, 15) is 22.8 Å². The molecule has 8 heteroatoms. The molecule has 1 aliphatic rings. The Kier molecular flexibility index (Phi) is 6.41. The zero-order valence-electron chi connectivity index (χ0n) is 15.7. The summed E-state index contributed by atoms with van der Waals surface area (Å²) < 4.78 is 42.8. The molecule has 2 aromatic carbocycles. The lowest BCUT2D eigenvalue weighted by molar-refractivity contribution is -0.137. The number of carbonyl (C=O) groups excluding carboxylic acids is 2. The molecule has 1 saturated heterocycles. The molecule has 1 N–H and O–H groups in total. The van der Waals surface area contributed by atoms with Crippen molar-refractivity contribution in [3.05, 3.63) is 65.2 Å². The minimum absolute atomic E-state index is 0.157. The van der Waals surface area contributed by atoms with Gasteiger partial charge in [0.2, 0.25) is 5.91 Å². The molecule has 154 valence electrons. The maximum Gasteiger partial charge on any atom is 0.416 e. The first-order valence-electron chi connectivity index (χ1n) is 9.23. The van der Waals surface area contributed by atoms with E-state index in [-0.39, 0.29) is 30.7 Å². The van der Waals surface area contributed by atoms with Gasteiger partial charge in [-0.3, -0.25) is 9.59 Å². The minimum atomic E-state index is -4.41. The monoisotopic (exact) mass is 406 g/mol. The molecule has 1 aliphatic heterocycles. The molecule has 29 heavy (non-hydrogen) atoms. The highest BCUT2D eigenvalue weighted by molar-refractivity contribution is 5.78. The Hall–Kier alpha value is -3.03. The van der Waals surface area contributed by atoms with Crippen LogP contribution in [0.1, 0.15) is 29.5 Å². The summed E-state index contributed by atoms with van der Waals surface area (Å²) in [4.78, 5) is 25.5. The van der Waals surface area contributed by atoms with Gasteiger partial charge in [-0.05, 0) is 41.8 Å². The van der Waals surface area contributed by atoms with Crippen LogP contribution in [0, 0.1) is 0 Å². The Morgan fingerprint density at radius 1 is 1.10 bits per heavy atom. The summed E-state index contributed by atoms with van der Waals surface area (Å²) in [6, 6.07) is 11.8. The van der Waals surface area contributed by atoms with Gasteiger partial charge in [-0.2, -0.15) is 13.2 Å². The summed E-state index contributed by atoms with van der Waals surface area (Å²) >= 11 is 0. The number of hydrogen-bond donors (Lipinski definition) is 1. The lowest BCUT2D eigenvalue weighted by Crippen LogP contribution is -2.28. The predicted molar refractivity (Wildman–Crippen MR) is 99.9 cm³/mol. The Morgan fingerprint density at radius 2 is 1.83 bits per heavy atom. The first-order valence-corrected chi connectivity index (χ1v) is 9.23. The number of rotatable bonds is 7. The van der Waals surface area contributed by atoms with Crippen molar-refractivity contribution in [3.63, 3.8) is 0 Å². The summed E-state index contributed by atoms with van der Waals surface area (Å²) in [5, 5.41) is 2.71. The van der Waals surface area contributed by atoms with Crippen molar-refractivity contribution >= 4 is 11.8 Å². The number of benzene rings is 2. The van der Waals surface area contributed by atoms with E-state index >= 15 is 0 Å². The third-order valence-electron chi connectivity index (χ3n) is 4.58. The highest BCUT2D eigenvalue weighted by Gasteiger charge is 2.30. The molecular weight excluding hydrogens is 385 g/mol. The summed E-state index contributed by atoms with van der Waals surface area (Å²) in [6.45, 7) is 1.31. The van der Waals surface area contributed by atoms with Gasteiger partial charge in [-0.25, -0.2) is 0 Å². The van der Waals surface area contributed by atoms with Crippen LogP contribution in [0.3, 0.4) is 0 Å². The molecule has 0 aliphatic carbocycles. The number of alkyl halides is 3. The summed E-state index contributed by atoms with van der Waals surface area (Å²) in [5.41, 5.74) is 1.11. The van der Waals surface area contributed by atoms with Gasteiger partial charge in [0.15, 0.2) is 6.61 Å². The molecule has 0 bridgehead atoms. The molecule has 0 aromatic heterocycles. The minimum Gasteiger partial charge on any atom is -0.484 e. The number of halogens is 3. The fourth-order valence-corrected chi connectivity index (χ4v) is 3.07. The van der Waals surface area contributed by atoms with Crippen molar-refractivity contribution in [1.82, 2.24) is 10.2 Å². The van der Waals surface area contributed by atoms with Crippen molar-refractivity contribution < 1.29 is 27.5 Å². The van der Waals surface area contributed by atoms with Gasteiger partial charge in [-0.1, -0.05) is 24.3 Å². The zero-order chi connectivity index (χ0) is 20.9. The quantitative estimate of drug-likeness (QED) is 0.766. The molecular formula is C21H21F3N2O3. The van der Waals surface area contributed by atoms with Crippen molar-refractivity contribution in [3.8, 4) is 5.75 Å². The molecule has 0 unspecified atom stereocenters. The number of hydrogen-bond acceptors (Lipinski definition) is 3. The third-order valence-corrected chi connectivity index (χ3v) is 4.58. The first-order chi connectivity index (χ1) is 13.8. The van der Waals surface area contributed by atoms with E-state index in [1.807, 2.05) is 29.2 Å². The highest BCUT2D eigenvalue weighted by Crippen LogP contribution is 2.30. The maximum absolute atomic E-state index is 12.5. The van der Waals surface area contributed by atoms with Crippen LogP contribution in [0.4, 0.5) is 13.2 Å². The van der Waals surface area contributed by atoms with Crippen LogP contribution in [0.15, 0.2) is 48.5 Å².